The summed E-state index contributed by atoms with van der Waals surface area (Å²) in [5.41, 5.74) is 1.00. The fraction of sp³-hybridized carbons (Fsp3) is 0.250. The maximum atomic E-state index is 12.8. The van der Waals surface area contributed by atoms with Gasteiger partial charge in [0.25, 0.3) is 0 Å². The molecule has 0 radical (unpaired) electrons. The molecule has 0 aliphatic heterocycles. The van der Waals surface area contributed by atoms with E-state index < -0.39 is 15.8 Å². The van der Waals surface area contributed by atoms with E-state index in [-0.39, 0.29) is 11.4 Å². The lowest BCUT2D eigenvalue weighted by atomic mass is 10.1. The number of rotatable bonds is 7. The van der Waals surface area contributed by atoms with Crippen molar-refractivity contribution in [2.75, 3.05) is 13.2 Å². The van der Waals surface area contributed by atoms with Crippen molar-refractivity contribution < 1.29 is 17.5 Å². The van der Waals surface area contributed by atoms with Crippen molar-refractivity contribution in [3.63, 3.8) is 0 Å². The highest BCUT2D eigenvalue weighted by Crippen LogP contribution is 2.13. The Hall–Kier alpha value is -1.92. The number of ether oxygens (including phenoxy) is 1. The molecule has 0 saturated heterocycles. The van der Waals surface area contributed by atoms with Crippen LogP contribution in [0.5, 0.6) is 5.75 Å². The fourth-order valence-corrected chi connectivity index (χ4v) is 2.98. The quantitative estimate of drug-likeness (QED) is 0.852. The van der Waals surface area contributed by atoms with Gasteiger partial charge in [-0.05, 0) is 55.3 Å². The highest BCUT2D eigenvalue weighted by molar-refractivity contribution is 7.89. The van der Waals surface area contributed by atoms with Crippen molar-refractivity contribution in [3.05, 3.63) is 59.9 Å². The minimum Gasteiger partial charge on any atom is -0.494 e. The second kappa shape index (κ2) is 7.38. The van der Waals surface area contributed by atoms with Gasteiger partial charge in [-0.25, -0.2) is 17.5 Å². The first-order valence-corrected chi connectivity index (χ1v) is 8.46. The van der Waals surface area contributed by atoms with Gasteiger partial charge in [-0.1, -0.05) is 12.1 Å². The molecule has 0 spiro atoms. The number of sulfonamides is 1. The van der Waals surface area contributed by atoms with Gasteiger partial charge in [0.2, 0.25) is 10.0 Å². The van der Waals surface area contributed by atoms with Crippen LogP contribution < -0.4 is 9.46 Å². The predicted molar refractivity (Wildman–Crippen MR) is 82.9 cm³/mol. The molecule has 0 amide bonds. The average Bonchev–Trinajstić information content (AvgIpc) is 2.50. The molecule has 6 heteroatoms. The molecule has 0 saturated carbocycles. The highest BCUT2D eigenvalue weighted by Gasteiger charge is 2.13. The van der Waals surface area contributed by atoms with E-state index in [9.17, 15) is 12.8 Å². The Labute approximate surface area is 130 Å². The van der Waals surface area contributed by atoms with Gasteiger partial charge in [-0.2, -0.15) is 0 Å². The summed E-state index contributed by atoms with van der Waals surface area (Å²) in [4.78, 5) is 0.0561. The van der Waals surface area contributed by atoms with E-state index in [1.54, 1.807) is 0 Å². The van der Waals surface area contributed by atoms with Crippen molar-refractivity contribution in [1.82, 2.24) is 4.72 Å². The lowest BCUT2D eigenvalue weighted by Gasteiger charge is -2.08. The van der Waals surface area contributed by atoms with Crippen LogP contribution in [-0.2, 0) is 16.4 Å². The molecule has 0 unspecified atom stereocenters. The van der Waals surface area contributed by atoms with E-state index in [1.165, 1.54) is 12.1 Å². The minimum absolute atomic E-state index is 0.0561. The van der Waals surface area contributed by atoms with E-state index in [0.29, 0.717) is 13.0 Å². The standard InChI is InChI=1S/C16H18FNO3S/c1-2-21-15-7-3-13(4-8-15)11-12-18-22(19,20)16-9-5-14(17)6-10-16/h3-10,18H,2,11-12H2,1H3. The number of hydrogen-bond donors (Lipinski definition) is 1. The maximum Gasteiger partial charge on any atom is 0.240 e. The molecular weight excluding hydrogens is 305 g/mol. The fourth-order valence-electron chi connectivity index (χ4n) is 1.95. The third kappa shape index (κ3) is 4.54. The van der Waals surface area contributed by atoms with Gasteiger partial charge in [0.1, 0.15) is 11.6 Å². The Morgan fingerprint density at radius 2 is 1.68 bits per heavy atom. The van der Waals surface area contributed by atoms with E-state index in [4.69, 9.17) is 4.74 Å². The zero-order valence-electron chi connectivity index (χ0n) is 12.3. The van der Waals surface area contributed by atoms with Crippen LogP contribution >= 0.6 is 0 Å². The van der Waals surface area contributed by atoms with E-state index in [1.807, 2.05) is 31.2 Å². The molecule has 0 aliphatic carbocycles. The van der Waals surface area contributed by atoms with Crippen LogP contribution in [0.4, 0.5) is 4.39 Å². The summed E-state index contributed by atoms with van der Waals surface area (Å²) in [5.74, 6) is 0.325. The van der Waals surface area contributed by atoms with E-state index >= 15 is 0 Å². The Bertz CT molecular complexity index is 697. The summed E-state index contributed by atoms with van der Waals surface area (Å²) in [6.07, 6.45) is 0.562. The Balaban J connectivity index is 1.91. The Morgan fingerprint density at radius 3 is 2.27 bits per heavy atom. The van der Waals surface area contributed by atoms with Crippen LogP contribution in [0.1, 0.15) is 12.5 Å². The number of halogens is 1. The maximum absolute atomic E-state index is 12.8. The van der Waals surface area contributed by atoms with Gasteiger partial charge >= 0.3 is 0 Å². The molecule has 22 heavy (non-hydrogen) atoms. The van der Waals surface area contributed by atoms with Crippen molar-refractivity contribution >= 4 is 10.0 Å². The second-order valence-electron chi connectivity index (χ2n) is 4.68. The number of benzene rings is 2. The van der Waals surface area contributed by atoms with Crippen LogP contribution in [0.2, 0.25) is 0 Å². The van der Waals surface area contributed by atoms with Gasteiger partial charge in [0.05, 0.1) is 11.5 Å². The lowest BCUT2D eigenvalue weighted by Crippen LogP contribution is -2.26. The van der Waals surface area contributed by atoms with Crippen LogP contribution in [0, 0.1) is 5.82 Å². The van der Waals surface area contributed by atoms with Crippen LogP contribution in [0.25, 0.3) is 0 Å². The third-order valence-corrected chi connectivity index (χ3v) is 4.54. The van der Waals surface area contributed by atoms with Gasteiger partial charge in [-0.3, -0.25) is 0 Å². The molecule has 0 fully saturated rings. The molecule has 0 bridgehead atoms. The summed E-state index contributed by atoms with van der Waals surface area (Å²) >= 11 is 0. The largest absolute Gasteiger partial charge is 0.494 e. The molecular formula is C16H18FNO3S. The van der Waals surface area contributed by atoms with Crippen LogP contribution in [-0.4, -0.2) is 21.6 Å². The topological polar surface area (TPSA) is 55.4 Å². The first-order valence-electron chi connectivity index (χ1n) is 6.98. The molecule has 1 N–H and O–H groups in total. The summed E-state index contributed by atoms with van der Waals surface area (Å²) in [7, 11) is -3.61. The molecule has 0 heterocycles. The molecule has 0 aromatic heterocycles. The highest BCUT2D eigenvalue weighted by atomic mass is 32.2. The van der Waals surface area contributed by atoms with Crippen molar-refractivity contribution in [3.8, 4) is 5.75 Å². The molecule has 2 aromatic rings. The third-order valence-electron chi connectivity index (χ3n) is 3.06. The summed E-state index contributed by atoms with van der Waals surface area (Å²) in [6.45, 7) is 2.79. The lowest BCUT2D eigenvalue weighted by molar-refractivity contribution is 0.340. The number of hydrogen-bond acceptors (Lipinski definition) is 3. The monoisotopic (exact) mass is 323 g/mol. The normalized spacial score (nSPS) is 11.4. The SMILES string of the molecule is CCOc1ccc(CCNS(=O)(=O)c2ccc(F)cc2)cc1. The molecule has 2 aromatic carbocycles. The van der Waals surface area contributed by atoms with Crippen LogP contribution in [0.15, 0.2) is 53.4 Å². The molecule has 0 aliphatic rings. The Kier molecular flexibility index (Phi) is 5.51. The van der Waals surface area contributed by atoms with Gasteiger partial charge in [-0.15, -0.1) is 0 Å². The average molecular weight is 323 g/mol. The summed E-state index contributed by atoms with van der Waals surface area (Å²) in [5, 5.41) is 0. The minimum atomic E-state index is -3.61. The smallest absolute Gasteiger partial charge is 0.240 e. The Morgan fingerprint density at radius 1 is 1.05 bits per heavy atom. The predicted octanol–water partition coefficient (Wildman–Crippen LogP) is 2.75. The first-order chi connectivity index (χ1) is 10.5. The number of nitrogens with one attached hydrogen (secondary N) is 1. The van der Waals surface area contributed by atoms with Gasteiger partial charge < -0.3 is 4.74 Å². The zero-order valence-corrected chi connectivity index (χ0v) is 13.1. The molecule has 0 atom stereocenters. The van der Waals surface area contributed by atoms with Crippen molar-refractivity contribution in [2.24, 2.45) is 0 Å². The van der Waals surface area contributed by atoms with Crippen LogP contribution in [0.3, 0.4) is 0 Å². The molecule has 2 rings (SSSR count). The van der Waals surface area contributed by atoms with E-state index in [2.05, 4.69) is 4.72 Å². The van der Waals surface area contributed by atoms with E-state index in [0.717, 1.165) is 23.4 Å². The summed E-state index contributed by atoms with van der Waals surface area (Å²) < 4.78 is 44.7. The van der Waals surface area contributed by atoms with Gasteiger partial charge in [0, 0.05) is 6.54 Å². The first kappa shape index (κ1) is 16.5. The summed E-state index contributed by atoms with van der Waals surface area (Å²) in [6, 6.07) is 12.3. The van der Waals surface area contributed by atoms with Crippen molar-refractivity contribution in [1.29, 1.82) is 0 Å². The second-order valence-corrected chi connectivity index (χ2v) is 6.45. The molecule has 118 valence electrons. The molecule has 4 nitrogen and oxygen atoms in total. The van der Waals surface area contributed by atoms with Gasteiger partial charge in [0.15, 0.2) is 0 Å². The zero-order chi connectivity index (χ0) is 16.0. The van der Waals surface area contributed by atoms with Crippen molar-refractivity contribution in [2.45, 2.75) is 18.2 Å².